The Bertz CT molecular complexity index is 46.8. The zero-order valence-electron chi connectivity index (χ0n) is 3.72. The van der Waals surface area contributed by atoms with E-state index < -0.39 is 15.3 Å². The van der Waals surface area contributed by atoms with Crippen molar-refractivity contribution >= 4 is 15.3 Å². The van der Waals surface area contributed by atoms with Crippen LogP contribution in [0.2, 0.25) is 0 Å². The topological polar surface area (TPSA) is 35.5 Å². The predicted octanol–water partition coefficient (Wildman–Crippen LogP) is -0.573. The Kier molecular flexibility index (Phi) is 3.63. The summed E-state index contributed by atoms with van der Waals surface area (Å²) in [5, 5.41) is 0. The minimum atomic E-state index is -2.63. The molecule has 0 amide bonds. The molecule has 38 valence electrons. The Balaban J connectivity index is 2.99. The maximum atomic E-state index is 9.99. The zero-order chi connectivity index (χ0) is 4.99. The Morgan fingerprint density at radius 2 is 1.67 bits per heavy atom. The molecule has 0 aromatic carbocycles. The van der Waals surface area contributed by atoms with Crippen LogP contribution in [-0.4, -0.2) is 29.5 Å². The van der Waals surface area contributed by atoms with Crippen LogP contribution in [0.5, 0.6) is 0 Å². The van der Waals surface area contributed by atoms with Crippen LogP contribution in [0.25, 0.3) is 0 Å². The maximum absolute atomic E-state index is 9.99. The van der Waals surface area contributed by atoms with Crippen molar-refractivity contribution in [2.45, 2.75) is 0 Å². The molecule has 0 aromatic heterocycles. The van der Waals surface area contributed by atoms with Gasteiger partial charge in [-0.15, -0.1) is 0 Å². The van der Waals surface area contributed by atoms with Crippen LogP contribution in [0.4, 0.5) is 0 Å². The van der Waals surface area contributed by atoms with Crippen molar-refractivity contribution in [1.29, 1.82) is 0 Å². The first-order valence-corrected chi connectivity index (χ1v) is 4.00. The second-order valence-corrected chi connectivity index (χ2v) is 3.42. The van der Waals surface area contributed by atoms with Crippen molar-refractivity contribution in [2.24, 2.45) is 0 Å². The molecule has 0 aliphatic heterocycles. The summed E-state index contributed by atoms with van der Waals surface area (Å²) in [5.74, 6) is 0. The van der Waals surface area contributed by atoms with E-state index in [4.69, 9.17) is 0 Å². The van der Waals surface area contributed by atoms with Gasteiger partial charge in [-0.05, 0) is 0 Å². The van der Waals surface area contributed by atoms with Crippen LogP contribution in [0.15, 0.2) is 0 Å². The second-order valence-electron chi connectivity index (χ2n) is 0.658. The minimum absolute atomic E-state index is 1.37. The van der Waals surface area contributed by atoms with Crippen LogP contribution >= 0.6 is 0 Å². The van der Waals surface area contributed by atoms with Gasteiger partial charge in [0.25, 0.3) is 0 Å². The first kappa shape index (κ1) is 6.28. The summed E-state index contributed by atoms with van der Waals surface area (Å²) in [7, 11) is 2.73. The molecule has 0 spiro atoms. The van der Waals surface area contributed by atoms with Gasteiger partial charge in [0.05, 0.1) is 0 Å². The van der Waals surface area contributed by atoms with E-state index in [9.17, 15) is 3.74 Å². The molecule has 0 saturated carbocycles. The third-order valence-corrected chi connectivity index (χ3v) is 1.73. The van der Waals surface area contributed by atoms with Gasteiger partial charge in [0.1, 0.15) is 0 Å². The molecule has 0 fully saturated rings. The van der Waals surface area contributed by atoms with Crippen LogP contribution in [0, 0.1) is 0 Å². The first-order chi connectivity index (χ1) is 2.81. The van der Waals surface area contributed by atoms with E-state index >= 15 is 0 Å². The van der Waals surface area contributed by atoms with Crippen molar-refractivity contribution in [3.8, 4) is 0 Å². The van der Waals surface area contributed by atoms with Crippen molar-refractivity contribution in [2.75, 3.05) is 14.2 Å². The monoisotopic (exact) mass is 154 g/mol. The molecular weight excluding hydrogens is 147 g/mol. The van der Waals surface area contributed by atoms with Crippen molar-refractivity contribution in [3.63, 3.8) is 0 Å². The van der Waals surface area contributed by atoms with Crippen LogP contribution in [0.3, 0.4) is 0 Å². The normalized spacial score (nSPS) is 9.83. The molecule has 0 radical (unpaired) electrons. The fraction of sp³-hybridized carbons (Fsp3) is 1.00. The summed E-state index contributed by atoms with van der Waals surface area (Å²) < 4.78 is 18.6. The molecule has 0 rings (SSSR count). The third kappa shape index (κ3) is 2.51. The molecule has 0 aromatic rings. The van der Waals surface area contributed by atoms with Gasteiger partial charge in [0, 0.05) is 0 Å². The molecule has 3 nitrogen and oxygen atoms in total. The van der Waals surface area contributed by atoms with E-state index in [2.05, 4.69) is 7.45 Å². The van der Waals surface area contributed by atoms with Gasteiger partial charge in [-0.3, -0.25) is 0 Å². The van der Waals surface area contributed by atoms with E-state index in [1.54, 1.807) is 0 Å². The van der Waals surface area contributed by atoms with Crippen LogP contribution < -0.4 is 0 Å². The zero-order valence-corrected chi connectivity index (χ0v) is 5.82. The van der Waals surface area contributed by atoms with Gasteiger partial charge < -0.3 is 0 Å². The molecular formula is C2H7AsO3. The van der Waals surface area contributed by atoms with E-state index in [-0.39, 0.29) is 0 Å². The van der Waals surface area contributed by atoms with Gasteiger partial charge in [0.2, 0.25) is 0 Å². The Hall–Kier alpha value is 0.278. The van der Waals surface area contributed by atoms with Gasteiger partial charge >= 0.3 is 40.7 Å². The molecule has 0 heterocycles. The number of hydrogen-bond acceptors (Lipinski definition) is 3. The Morgan fingerprint density at radius 3 is 1.67 bits per heavy atom. The standard InChI is InChI=1S/C2H7AsO3/c1-5-3(4)6-2/h3H,1-2H3. The second kappa shape index (κ2) is 3.47. The molecule has 4 heteroatoms. The van der Waals surface area contributed by atoms with Crippen molar-refractivity contribution < 1.29 is 11.2 Å². The first-order valence-electron chi connectivity index (χ1n) is 1.43. The quantitative estimate of drug-likeness (QED) is 0.499. The molecule has 0 N–H and O–H groups in total. The summed E-state index contributed by atoms with van der Waals surface area (Å²) in [6.45, 7) is 0. The summed E-state index contributed by atoms with van der Waals surface area (Å²) in [6.07, 6.45) is 0. The predicted molar refractivity (Wildman–Crippen MR) is 21.9 cm³/mol. The van der Waals surface area contributed by atoms with E-state index in [1.165, 1.54) is 14.2 Å². The third-order valence-electron chi connectivity index (χ3n) is 0.333. The van der Waals surface area contributed by atoms with E-state index in [0.717, 1.165) is 0 Å². The average Bonchev–Trinajstić information content (AvgIpc) is 1.65. The van der Waals surface area contributed by atoms with Gasteiger partial charge in [0.15, 0.2) is 0 Å². The molecule has 6 heavy (non-hydrogen) atoms. The Labute approximate surface area is 41.4 Å². The van der Waals surface area contributed by atoms with Crippen LogP contribution in [0.1, 0.15) is 0 Å². The number of rotatable bonds is 2. The fourth-order valence-electron chi connectivity index (χ4n) is 0.0833. The van der Waals surface area contributed by atoms with Gasteiger partial charge in [-0.2, -0.15) is 0 Å². The van der Waals surface area contributed by atoms with Crippen LogP contribution in [-0.2, 0) is 11.2 Å². The molecule has 0 aliphatic rings. The van der Waals surface area contributed by atoms with Crippen molar-refractivity contribution in [1.82, 2.24) is 0 Å². The van der Waals surface area contributed by atoms with E-state index in [0.29, 0.717) is 0 Å². The summed E-state index contributed by atoms with van der Waals surface area (Å²) in [4.78, 5) is 0. The van der Waals surface area contributed by atoms with Gasteiger partial charge in [-0.1, -0.05) is 0 Å². The average molecular weight is 154 g/mol. The fourth-order valence-corrected chi connectivity index (χ4v) is 0.433. The molecule has 0 saturated heterocycles. The van der Waals surface area contributed by atoms with E-state index in [1.807, 2.05) is 0 Å². The molecule has 0 aliphatic carbocycles. The summed E-state index contributed by atoms with van der Waals surface area (Å²) in [5.41, 5.74) is 0. The van der Waals surface area contributed by atoms with Crippen molar-refractivity contribution in [3.05, 3.63) is 0 Å². The molecule has 0 unspecified atom stereocenters. The molecule has 0 atom stereocenters. The SMILES string of the molecule is CO[AsH](=O)OC. The number of hydrogen-bond donors (Lipinski definition) is 0. The van der Waals surface area contributed by atoms with Gasteiger partial charge in [-0.25, -0.2) is 0 Å². The summed E-state index contributed by atoms with van der Waals surface area (Å²) >= 11 is -2.63. The Morgan fingerprint density at radius 1 is 1.33 bits per heavy atom. The summed E-state index contributed by atoms with van der Waals surface area (Å²) in [6, 6.07) is 0. The molecule has 0 bridgehead atoms.